The Morgan fingerprint density at radius 1 is 1.00 bits per heavy atom. The molecule has 0 aliphatic heterocycles. The second kappa shape index (κ2) is 9.26. The standard InChI is InChI=1S/C21H28NO5P/c1-16-11-13-19(14-12-16)27-28(24,26-18-9-7-6-8-10-18)22-17(2)20(23)25-15-21(3,4)5/h6-14,17H,15H2,1-5H3,(H,22,24)/t17-,28+/m0/s1. The fourth-order valence-corrected chi connectivity index (χ4v) is 3.65. The first kappa shape index (κ1) is 22.0. The maximum Gasteiger partial charge on any atom is 0.513 e. The summed E-state index contributed by atoms with van der Waals surface area (Å²) in [5.74, 6) is 0.202. The summed E-state index contributed by atoms with van der Waals surface area (Å²) in [6.07, 6.45) is 0. The molecule has 0 aromatic heterocycles. The summed E-state index contributed by atoms with van der Waals surface area (Å²) in [6, 6.07) is 14.8. The molecule has 7 heteroatoms. The topological polar surface area (TPSA) is 73.9 Å². The van der Waals surface area contributed by atoms with Crippen LogP contribution in [0.3, 0.4) is 0 Å². The summed E-state index contributed by atoms with van der Waals surface area (Å²) in [5, 5.41) is 2.68. The summed E-state index contributed by atoms with van der Waals surface area (Å²) < 4.78 is 29.9. The van der Waals surface area contributed by atoms with Crippen molar-refractivity contribution in [3.63, 3.8) is 0 Å². The number of benzene rings is 2. The van der Waals surface area contributed by atoms with Gasteiger partial charge in [0.2, 0.25) is 0 Å². The van der Waals surface area contributed by atoms with Crippen LogP contribution >= 0.6 is 7.75 Å². The number of carbonyl (C=O) groups is 1. The van der Waals surface area contributed by atoms with E-state index < -0.39 is 19.8 Å². The van der Waals surface area contributed by atoms with Crippen molar-refractivity contribution < 1.29 is 23.1 Å². The third-order valence-corrected chi connectivity index (χ3v) is 5.17. The molecule has 0 spiro atoms. The minimum absolute atomic E-state index is 0.169. The van der Waals surface area contributed by atoms with E-state index >= 15 is 0 Å². The number of rotatable bonds is 8. The number of esters is 1. The maximum absolute atomic E-state index is 13.4. The van der Waals surface area contributed by atoms with Crippen molar-refractivity contribution in [2.24, 2.45) is 5.41 Å². The molecule has 0 heterocycles. The highest BCUT2D eigenvalue weighted by Crippen LogP contribution is 2.45. The van der Waals surface area contributed by atoms with Gasteiger partial charge in [-0.1, -0.05) is 56.7 Å². The molecular formula is C21H28NO5P. The molecule has 0 aliphatic carbocycles. The smallest absolute Gasteiger partial charge is 0.464 e. The van der Waals surface area contributed by atoms with Crippen LogP contribution in [-0.4, -0.2) is 18.6 Å². The van der Waals surface area contributed by atoms with Crippen LogP contribution in [-0.2, 0) is 14.1 Å². The van der Waals surface area contributed by atoms with Gasteiger partial charge in [-0.25, -0.2) is 4.57 Å². The molecule has 0 amide bonds. The van der Waals surface area contributed by atoms with Gasteiger partial charge in [0.1, 0.15) is 17.5 Å². The molecule has 0 aliphatic rings. The summed E-state index contributed by atoms with van der Waals surface area (Å²) in [7, 11) is -3.90. The first-order chi connectivity index (χ1) is 13.1. The highest BCUT2D eigenvalue weighted by Gasteiger charge is 2.34. The predicted octanol–water partition coefficient (Wildman–Crippen LogP) is 5.13. The van der Waals surface area contributed by atoms with Gasteiger partial charge >= 0.3 is 13.7 Å². The molecule has 0 bridgehead atoms. The second-order valence-electron chi connectivity index (χ2n) is 7.83. The molecule has 0 radical (unpaired) electrons. The van der Waals surface area contributed by atoms with Crippen LogP contribution < -0.4 is 14.1 Å². The molecule has 0 saturated carbocycles. The first-order valence-corrected chi connectivity index (χ1v) is 10.7. The number of ether oxygens (including phenoxy) is 1. The van der Waals surface area contributed by atoms with Crippen LogP contribution in [0.2, 0.25) is 0 Å². The van der Waals surface area contributed by atoms with E-state index in [4.69, 9.17) is 13.8 Å². The summed E-state index contributed by atoms with van der Waals surface area (Å²) in [5.41, 5.74) is 0.871. The van der Waals surface area contributed by atoms with Crippen LogP contribution in [0.1, 0.15) is 33.3 Å². The van der Waals surface area contributed by atoms with Crippen molar-refractivity contribution in [2.45, 2.75) is 40.7 Å². The van der Waals surface area contributed by atoms with Gasteiger partial charge in [0.05, 0.1) is 6.61 Å². The second-order valence-corrected chi connectivity index (χ2v) is 9.44. The molecule has 6 nitrogen and oxygen atoms in total. The van der Waals surface area contributed by atoms with Crippen molar-refractivity contribution >= 4 is 13.7 Å². The Balaban J connectivity index is 2.16. The third-order valence-electron chi connectivity index (χ3n) is 3.57. The molecule has 0 fully saturated rings. The van der Waals surface area contributed by atoms with E-state index in [1.165, 1.54) is 0 Å². The van der Waals surface area contributed by atoms with Gasteiger partial charge in [-0.15, -0.1) is 0 Å². The molecule has 28 heavy (non-hydrogen) atoms. The zero-order valence-electron chi connectivity index (χ0n) is 17.0. The van der Waals surface area contributed by atoms with Gasteiger partial charge in [-0.05, 0) is 43.5 Å². The van der Waals surface area contributed by atoms with Gasteiger partial charge in [0.25, 0.3) is 0 Å². The minimum Gasteiger partial charge on any atom is -0.464 e. The molecular weight excluding hydrogens is 377 g/mol. The Hall–Kier alpha value is -2.30. The SMILES string of the molecule is Cc1ccc(O[P@@](=O)(N[C@@H](C)C(=O)OCC(C)(C)C)Oc2ccccc2)cc1. The minimum atomic E-state index is -3.90. The van der Waals surface area contributed by atoms with Gasteiger partial charge in [-0.2, -0.15) is 5.09 Å². The quantitative estimate of drug-likeness (QED) is 0.485. The van der Waals surface area contributed by atoms with Crippen molar-refractivity contribution in [3.05, 3.63) is 60.2 Å². The molecule has 152 valence electrons. The zero-order chi connectivity index (χ0) is 20.8. The number of aryl methyl sites for hydroxylation is 1. The molecule has 2 atom stereocenters. The molecule has 0 saturated heterocycles. The Morgan fingerprint density at radius 3 is 2.07 bits per heavy atom. The highest BCUT2D eigenvalue weighted by molar-refractivity contribution is 7.52. The maximum atomic E-state index is 13.4. The Labute approximate surface area is 166 Å². The normalized spacial score (nSPS) is 14.6. The van der Waals surface area contributed by atoms with Crippen molar-refractivity contribution in [2.75, 3.05) is 6.61 Å². The highest BCUT2D eigenvalue weighted by atomic mass is 31.2. The van der Waals surface area contributed by atoms with Crippen molar-refractivity contribution in [1.82, 2.24) is 5.09 Å². The first-order valence-electron chi connectivity index (χ1n) is 9.12. The van der Waals surface area contributed by atoms with E-state index in [1.54, 1.807) is 43.3 Å². The van der Waals surface area contributed by atoms with Gasteiger partial charge in [0, 0.05) is 0 Å². The molecule has 0 unspecified atom stereocenters. The molecule has 2 aromatic carbocycles. The Kier molecular flexibility index (Phi) is 7.28. The Morgan fingerprint density at radius 2 is 1.54 bits per heavy atom. The largest absolute Gasteiger partial charge is 0.513 e. The number of carbonyl (C=O) groups excluding carboxylic acids is 1. The van der Waals surface area contributed by atoms with E-state index in [0.717, 1.165) is 5.56 Å². The lowest BCUT2D eigenvalue weighted by molar-refractivity contribution is -0.148. The van der Waals surface area contributed by atoms with E-state index in [1.807, 2.05) is 45.9 Å². The van der Waals surface area contributed by atoms with Gasteiger partial charge in [0.15, 0.2) is 0 Å². The lowest BCUT2D eigenvalue weighted by Crippen LogP contribution is -2.37. The van der Waals surface area contributed by atoms with Crippen LogP contribution in [0.5, 0.6) is 11.5 Å². The number of nitrogens with one attached hydrogen (secondary N) is 1. The van der Waals surface area contributed by atoms with Crippen molar-refractivity contribution in [3.8, 4) is 11.5 Å². The summed E-state index contributed by atoms with van der Waals surface area (Å²) in [6.45, 7) is 9.63. The van der Waals surface area contributed by atoms with Gasteiger partial charge in [-0.3, -0.25) is 4.79 Å². The fraction of sp³-hybridized carbons (Fsp3) is 0.381. The molecule has 1 N–H and O–H groups in total. The average Bonchev–Trinajstić information content (AvgIpc) is 2.61. The number of para-hydroxylation sites is 1. The average molecular weight is 405 g/mol. The number of hydrogen-bond donors (Lipinski definition) is 1. The summed E-state index contributed by atoms with van der Waals surface area (Å²) in [4.78, 5) is 12.3. The molecule has 2 rings (SSSR count). The van der Waals surface area contributed by atoms with Crippen LogP contribution in [0, 0.1) is 12.3 Å². The van der Waals surface area contributed by atoms with E-state index in [0.29, 0.717) is 11.5 Å². The van der Waals surface area contributed by atoms with Crippen LogP contribution in [0.25, 0.3) is 0 Å². The monoisotopic (exact) mass is 405 g/mol. The Bertz CT molecular complexity index is 815. The lowest BCUT2D eigenvalue weighted by Gasteiger charge is -2.24. The predicted molar refractivity (Wildman–Crippen MR) is 109 cm³/mol. The van der Waals surface area contributed by atoms with Crippen LogP contribution in [0.15, 0.2) is 54.6 Å². The van der Waals surface area contributed by atoms with E-state index in [-0.39, 0.29) is 12.0 Å². The van der Waals surface area contributed by atoms with Gasteiger partial charge < -0.3 is 13.8 Å². The molecule has 2 aromatic rings. The van der Waals surface area contributed by atoms with E-state index in [9.17, 15) is 9.36 Å². The fourth-order valence-electron chi connectivity index (χ4n) is 2.13. The summed E-state index contributed by atoms with van der Waals surface area (Å²) >= 11 is 0. The van der Waals surface area contributed by atoms with E-state index in [2.05, 4.69) is 5.09 Å². The zero-order valence-corrected chi connectivity index (χ0v) is 17.9. The lowest BCUT2D eigenvalue weighted by atomic mass is 9.99. The third kappa shape index (κ3) is 7.37. The van der Waals surface area contributed by atoms with Crippen molar-refractivity contribution in [1.29, 1.82) is 0 Å². The number of hydrogen-bond acceptors (Lipinski definition) is 5. The van der Waals surface area contributed by atoms with Crippen LogP contribution in [0.4, 0.5) is 0 Å².